The number of hydrogen-bond acceptors (Lipinski definition) is 5. The van der Waals surface area contributed by atoms with Crippen LogP contribution < -0.4 is 0 Å². The van der Waals surface area contributed by atoms with Gasteiger partial charge in [-0.05, 0) is 12.1 Å². The van der Waals surface area contributed by atoms with Gasteiger partial charge in [-0.1, -0.05) is 19.1 Å². The molecule has 0 saturated heterocycles. The highest BCUT2D eigenvalue weighted by molar-refractivity contribution is 7.89. The van der Waals surface area contributed by atoms with Crippen molar-refractivity contribution in [3.05, 3.63) is 46.4 Å². The van der Waals surface area contributed by atoms with Crippen LogP contribution in [0, 0.1) is 0 Å². The van der Waals surface area contributed by atoms with E-state index in [0.717, 1.165) is 5.01 Å². The van der Waals surface area contributed by atoms with Crippen LogP contribution in [-0.4, -0.2) is 30.5 Å². The van der Waals surface area contributed by atoms with Crippen LogP contribution in [0.3, 0.4) is 0 Å². The van der Waals surface area contributed by atoms with Crippen LogP contribution in [0.1, 0.15) is 28.7 Å². The lowest BCUT2D eigenvalue weighted by molar-refractivity contribution is 0.0988. The third kappa shape index (κ3) is 3.55. The standard InChI is InChI=1S/C14H16N2O3S2/c1-3-13(17)11-5-4-6-12(9-11)21(18,19)16(2)10-14-15-7-8-20-14/h4-9H,3,10H2,1-2H3. The largest absolute Gasteiger partial charge is 0.294 e. The molecule has 2 rings (SSSR count). The van der Waals surface area contributed by atoms with Gasteiger partial charge in [-0.15, -0.1) is 11.3 Å². The lowest BCUT2D eigenvalue weighted by atomic mass is 10.1. The van der Waals surface area contributed by atoms with Crippen LogP contribution in [0.5, 0.6) is 0 Å². The van der Waals surface area contributed by atoms with Gasteiger partial charge in [-0.25, -0.2) is 13.4 Å². The molecule has 0 aliphatic rings. The van der Waals surface area contributed by atoms with Gasteiger partial charge in [0.25, 0.3) is 0 Å². The van der Waals surface area contributed by atoms with Crippen molar-refractivity contribution in [3.8, 4) is 0 Å². The summed E-state index contributed by atoms with van der Waals surface area (Å²) in [6.45, 7) is 1.96. The summed E-state index contributed by atoms with van der Waals surface area (Å²) in [6, 6.07) is 6.15. The van der Waals surface area contributed by atoms with Gasteiger partial charge in [0, 0.05) is 30.6 Å². The second-order valence-electron chi connectivity index (χ2n) is 4.49. The minimum atomic E-state index is -3.63. The van der Waals surface area contributed by atoms with Crippen molar-refractivity contribution in [1.82, 2.24) is 9.29 Å². The summed E-state index contributed by atoms with van der Waals surface area (Å²) in [5.74, 6) is -0.0744. The molecule has 0 unspecified atom stereocenters. The van der Waals surface area contributed by atoms with Crippen molar-refractivity contribution in [1.29, 1.82) is 0 Å². The third-order valence-electron chi connectivity index (χ3n) is 3.03. The number of ketones is 1. The fourth-order valence-electron chi connectivity index (χ4n) is 1.82. The highest BCUT2D eigenvalue weighted by Crippen LogP contribution is 2.19. The Morgan fingerprint density at radius 1 is 1.38 bits per heavy atom. The molecule has 112 valence electrons. The number of carbonyl (C=O) groups excluding carboxylic acids is 1. The third-order valence-corrected chi connectivity index (χ3v) is 5.59. The number of benzene rings is 1. The maximum Gasteiger partial charge on any atom is 0.243 e. The summed E-state index contributed by atoms with van der Waals surface area (Å²) in [5, 5.41) is 2.53. The Morgan fingerprint density at radius 2 is 2.14 bits per heavy atom. The maximum absolute atomic E-state index is 12.5. The maximum atomic E-state index is 12.5. The Morgan fingerprint density at radius 3 is 2.76 bits per heavy atom. The first kappa shape index (κ1) is 15.8. The molecular weight excluding hydrogens is 308 g/mol. The van der Waals surface area contributed by atoms with Gasteiger partial charge in [0.1, 0.15) is 5.01 Å². The van der Waals surface area contributed by atoms with E-state index >= 15 is 0 Å². The van der Waals surface area contributed by atoms with Crippen molar-refractivity contribution in [2.45, 2.75) is 24.8 Å². The quantitative estimate of drug-likeness (QED) is 0.766. The summed E-state index contributed by atoms with van der Waals surface area (Å²) in [5.41, 5.74) is 0.418. The van der Waals surface area contributed by atoms with E-state index in [4.69, 9.17) is 0 Å². The molecule has 7 heteroatoms. The van der Waals surface area contributed by atoms with Crippen molar-refractivity contribution in [3.63, 3.8) is 0 Å². The van der Waals surface area contributed by atoms with E-state index in [9.17, 15) is 13.2 Å². The number of thiazole rings is 1. The number of rotatable bonds is 6. The zero-order chi connectivity index (χ0) is 15.5. The van der Waals surface area contributed by atoms with E-state index < -0.39 is 10.0 Å². The second kappa shape index (κ2) is 6.46. The molecule has 0 fully saturated rings. The number of Topliss-reactive ketones (excluding diaryl/α,β-unsaturated/α-hetero) is 1. The highest BCUT2D eigenvalue weighted by Gasteiger charge is 2.22. The van der Waals surface area contributed by atoms with Gasteiger partial charge >= 0.3 is 0 Å². The fraction of sp³-hybridized carbons (Fsp3) is 0.286. The molecule has 1 aromatic carbocycles. The molecule has 0 aliphatic heterocycles. The number of sulfonamides is 1. The molecule has 0 radical (unpaired) electrons. The van der Waals surface area contributed by atoms with E-state index in [1.165, 1.54) is 34.8 Å². The Bertz CT molecular complexity index is 724. The topological polar surface area (TPSA) is 67.3 Å². The first-order chi connectivity index (χ1) is 9.95. The average Bonchev–Trinajstić information content (AvgIpc) is 2.99. The highest BCUT2D eigenvalue weighted by atomic mass is 32.2. The molecule has 21 heavy (non-hydrogen) atoms. The van der Waals surface area contributed by atoms with E-state index in [-0.39, 0.29) is 17.2 Å². The normalized spacial score (nSPS) is 11.8. The van der Waals surface area contributed by atoms with Gasteiger partial charge in [0.05, 0.1) is 11.4 Å². The molecule has 1 aromatic heterocycles. The number of aromatic nitrogens is 1. The molecule has 0 saturated carbocycles. The van der Waals surface area contributed by atoms with E-state index in [0.29, 0.717) is 12.0 Å². The summed E-state index contributed by atoms with van der Waals surface area (Å²) < 4.78 is 26.3. The van der Waals surface area contributed by atoms with Gasteiger partial charge in [0.15, 0.2) is 5.78 Å². The molecule has 0 amide bonds. The van der Waals surface area contributed by atoms with E-state index in [1.54, 1.807) is 30.6 Å². The first-order valence-electron chi connectivity index (χ1n) is 6.43. The Labute approximate surface area is 128 Å². The van der Waals surface area contributed by atoms with Crippen LogP contribution in [0.4, 0.5) is 0 Å². The second-order valence-corrected chi connectivity index (χ2v) is 7.52. The zero-order valence-electron chi connectivity index (χ0n) is 11.8. The van der Waals surface area contributed by atoms with E-state index in [1.807, 2.05) is 0 Å². The van der Waals surface area contributed by atoms with Gasteiger partial charge < -0.3 is 0 Å². The summed E-state index contributed by atoms with van der Waals surface area (Å²) >= 11 is 1.40. The minimum absolute atomic E-state index is 0.0744. The lowest BCUT2D eigenvalue weighted by Gasteiger charge is -2.16. The van der Waals surface area contributed by atoms with Crippen LogP contribution in [-0.2, 0) is 16.6 Å². The lowest BCUT2D eigenvalue weighted by Crippen LogP contribution is -2.26. The van der Waals surface area contributed by atoms with Crippen LogP contribution in [0.2, 0.25) is 0 Å². The van der Waals surface area contributed by atoms with Gasteiger partial charge in [-0.2, -0.15) is 4.31 Å². The Hall–Kier alpha value is -1.57. The zero-order valence-corrected chi connectivity index (χ0v) is 13.4. The smallest absolute Gasteiger partial charge is 0.243 e. The number of hydrogen-bond donors (Lipinski definition) is 0. The predicted molar refractivity (Wildman–Crippen MR) is 81.8 cm³/mol. The monoisotopic (exact) mass is 324 g/mol. The molecule has 0 bridgehead atoms. The molecule has 0 N–H and O–H groups in total. The molecule has 0 spiro atoms. The van der Waals surface area contributed by atoms with Gasteiger partial charge in [0.2, 0.25) is 10.0 Å². The fourth-order valence-corrected chi connectivity index (χ4v) is 3.75. The molecule has 1 heterocycles. The summed E-state index contributed by atoms with van der Waals surface area (Å²) in [6.07, 6.45) is 1.99. The minimum Gasteiger partial charge on any atom is -0.294 e. The van der Waals surface area contributed by atoms with Crippen LogP contribution in [0.25, 0.3) is 0 Å². The first-order valence-corrected chi connectivity index (χ1v) is 8.75. The van der Waals surface area contributed by atoms with Crippen LogP contribution in [0.15, 0.2) is 40.7 Å². The molecule has 0 aliphatic carbocycles. The molecule has 2 aromatic rings. The summed E-state index contributed by atoms with van der Waals surface area (Å²) in [4.78, 5) is 15.9. The number of carbonyl (C=O) groups is 1. The Balaban J connectivity index is 2.28. The van der Waals surface area contributed by atoms with Crippen molar-refractivity contribution in [2.24, 2.45) is 0 Å². The molecular formula is C14H16N2O3S2. The molecule has 5 nitrogen and oxygen atoms in total. The van der Waals surface area contributed by atoms with Crippen molar-refractivity contribution < 1.29 is 13.2 Å². The van der Waals surface area contributed by atoms with E-state index in [2.05, 4.69) is 4.98 Å². The Kier molecular flexibility index (Phi) is 4.87. The van der Waals surface area contributed by atoms with Gasteiger partial charge in [-0.3, -0.25) is 4.79 Å². The average molecular weight is 324 g/mol. The predicted octanol–water partition coefficient (Wildman–Crippen LogP) is 2.56. The van der Waals surface area contributed by atoms with Crippen molar-refractivity contribution >= 4 is 27.1 Å². The number of nitrogens with zero attached hydrogens (tertiary/aromatic N) is 2. The van der Waals surface area contributed by atoms with Crippen molar-refractivity contribution in [2.75, 3.05) is 7.05 Å². The van der Waals surface area contributed by atoms with Crippen LogP contribution >= 0.6 is 11.3 Å². The molecule has 0 atom stereocenters. The summed E-state index contributed by atoms with van der Waals surface area (Å²) in [7, 11) is -2.13. The SMILES string of the molecule is CCC(=O)c1cccc(S(=O)(=O)N(C)Cc2nccs2)c1.